The summed E-state index contributed by atoms with van der Waals surface area (Å²) in [5.41, 5.74) is 0.428. The predicted octanol–water partition coefficient (Wildman–Crippen LogP) is 3.13. The SMILES string of the molecule is CC1(CNC(=O)c2cc(F)cc(Br)c2)CCCNC1.Cl. The zero-order chi connectivity index (χ0) is 13.9. The minimum atomic E-state index is -0.412. The Bertz CT molecular complexity index is 458. The largest absolute Gasteiger partial charge is 0.351 e. The maximum absolute atomic E-state index is 13.2. The first-order valence-electron chi connectivity index (χ1n) is 6.44. The average Bonchev–Trinajstić information content (AvgIpc) is 2.36. The van der Waals surface area contributed by atoms with Gasteiger partial charge in [-0.1, -0.05) is 22.9 Å². The van der Waals surface area contributed by atoms with Gasteiger partial charge in [0.2, 0.25) is 0 Å². The van der Waals surface area contributed by atoms with Crippen molar-refractivity contribution in [3.8, 4) is 0 Å². The molecule has 3 nitrogen and oxygen atoms in total. The number of halogens is 3. The molecule has 1 aliphatic heterocycles. The summed E-state index contributed by atoms with van der Waals surface area (Å²) in [4.78, 5) is 12.0. The van der Waals surface area contributed by atoms with Crippen LogP contribution in [0.15, 0.2) is 22.7 Å². The Balaban J connectivity index is 0.00000200. The van der Waals surface area contributed by atoms with Gasteiger partial charge in [-0.25, -0.2) is 4.39 Å². The van der Waals surface area contributed by atoms with E-state index in [-0.39, 0.29) is 23.7 Å². The standard InChI is InChI=1S/C14H18BrFN2O.ClH/c1-14(3-2-4-17-8-14)9-18-13(19)10-5-11(15)7-12(16)6-10;/h5-7,17H,2-4,8-9H2,1H3,(H,18,19);1H. The van der Waals surface area contributed by atoms with Crippen LogP contribution in [-0.2, 0) is 0 Å². The van der Waals surface area contributed by atoms with Gasteiger partial charge in [-0.2, -0.15) is 0 Å². The molecule has 0 aromatic heterocycles. The van der Waals surface area contributed by atoms with E-state index in [4.69, 9.17) is 0 Å². The van der Waals surface area contributed by atoms with Gasteiger partial charge >= 0.3 is 0 Å². The number of nitrogens with one attached hydrogen (secondary N) is 2. The number of hydrogen-bond acceptors (Lipinski definition) is 2. The molecule has 1 atom stereocenters. The van der Waals surface area contributed by atoms with Gasteiger partial charge in [0.05, 0.1) is 0 Å². The van der Waals surface area contributed by atoms with E-state index < -0.39 is 5.82 Å². The van der Waals surface area contributed by atoms with Crippen molar-refractivity contribution in [2.24, 2.45) is 5.41 Å². The van der Waals surface area contributed by atoms with Gasteiger partial charge in [0.1, 0.15) is 5.82 Å². The van der Waals surface area contributed by atoms with E-state index in [2.05, 4.69) is 33.5 Å². The molecule has 1 unspecified atom stereocenters. The second-order valence-electron chi connectivity index (χ2n) is 5.43. The molecule has 1 amide bonds. The van der Waals surface area contributed by atoms with Crippen LogP contribution in [-0.4, -0.2) is 25.5 Å². The number of carbonyl (C=O) groups is 1. The van der Waals surface area contributed by atoms with Gasteiger partial charge in [0.15, 0.2) is 0 Å². The fourth-order valence-electron chi connectivity index (χ4n) is 2.35. The Morgan fingerprint density at radius 3 is 2.85 bits per heavy atom. The van der Waals surface area contributed by atoms with E-state index in [1.165, 1.54) is 12.1 Å². The Hall–Kier alpha value is -0.650. The molecule has 1 heterocycles. The zero-order valence-electron chi connectivity index (χ0n) is 11.3. The third-order valence-electron chi connectivity index (χ3n) is 3.49. The molecule has 1 fully saturated rings. The zero-order valence-corrected chi connectivity index (χ0v) is 13.7. The van der Waals surface area contributed by atoms with E-state index in [9.17, 15) is 9.18 Å². The highest BCUT2D eigenvalue weighted by atomic mass is 79.9. The second-order valence-corrected chi connectivity index (χ2v) is 6.35. The van der Waals surface area contributed by atoms with Crippen LogP contribution in [0.2, 0.25) is 0 Å². The van der Waals surface area contributed by atoms with Crippen molar-refractivity contribution in [2.45, 2.75) is 19.8 Å². The summed E-state index contributed by atoms with van der Waals surface area (Å²) in [5.74, 6) is -0.642. The summed E-state index contributed by atoms with van der Waals surface area (Å²) in [5, 5.41) is 6.24. The number of benzene rings is 1. The van der Waals surface area contributed by atoms with Crippen molar-refractivity contribution in [2.75, 3.05) is 19.6 Å². The summed E-state index contributed by atoms with van der Waals surface area (Å²) in [6.07, 6.45) is 2.21. The molecule has 6 heteroatoms. The van der Waals surface area contributed by atoms with Crippen LogP contribution in [0, 0.1) is 11.2 Å². The summed E-state index contributed by atoms with van der Waals surface area (Å²) < 4.78 is 13.8. The summed E-state index contributed by atoms with van der Waals surface area (Å²) >= 11 is 3.19. The highest BCUT2D eigenvalue weighted by Crippen LogP contribution is 2.24. The number of carbonyl (C=O) groups excluding carboxylic acids is 1. The Morgan fingerprint density at radius 1 is 1.50 bits per heavy atom. The van der Waals surface area contributed by atoms with Gasteiger partial charge in [-0.3, -0.25) is 4.79 Å². The smallest absolute Gasteiger partial charge is 0.251 e. The summed E-state index contributed by atoms with van der Waals surface area (Å²) in [7, 11) is 0. The second kappa shape index (κ2) is 7.38. The monoisotopic (exact) mass is 364 g/mol. The quantitative estimate of drug-likeness (QED) is 0.864. The molecule has 112 valence electrons. The van der Waals surface area contributed by atoms with Crippen LogP contribution in [0.3, 0.4) is 0 Å². The van der Waals surface area contributed by atoms with E-state index in [0.717, 1.165) is 25.9 Å². The van der Waals surface area contributed by atoms with E-state index in [1.54, 1.807) is 6.07 Å². The molecule has 1 aromatic carbocycles. The van der Waals surface area contributed by atoms with Crippen LogP contribution in [0.4, 0.5) is 4.39 Å². The number of rotatable bonds is 3. The van der Waals surface area contributed by atoms with Crippen LogP contribution >= 0.6 is 28.3 Å². The van der Waals surface area contributed by atoms with Gasteiger partial charge in [0.25, 0.3) is 5.91 Å². The van der Waals surface area contributed by atoms with E-state index in [1.807, 2.05) is 0 Å². The number of piperidine rings is 1. The minimum Gasteiger partial charge on any atom is -0.351 e. The van der Waals surface area contributed by atoms with Crippen LogP contribution in [0.1, 0.15) is 30.1 Å². The van der Waals surface area contributed by atoms with Crippen LogP contribution in [0.25, 0.3) is 0 Å². The normalized spacial score (nSPS) is 21.9. The molecule has 1 aromatic rings. The number of amides is 1. The lowest BCUT2D eigenvalue weighted by atomic mass is 9.83. The third-order valence-corrected chi connectivity index (χ3v) is 3.94. The van der Waals surface area contributed by atoms with E-state index >= 15 is 0 Å². The van der Waals surface area contributed by atoms with Crippen molar-refractivity contribution in [1.29, 1.82) is 0 Å². The van der Waals surface area contributed by atoms with Crippen molar-refractivity contribution >= 4 is 34.2 Å². The molecule has 20 heavy (non-hydrogen) atoms. The topological polar surface area (TPSA) is 41.1 Å². The van der Waals surface area contributed by atoms with Gasteiger partial charge in [-0.15, -0.1) is 12.4 Å². The number of hydrogen-bond donors (Lipinski definition) is 2. The Morgan fingerprint density at radius 2 is 2.25 bits per heavy atom. The lowest BCUT2D eigenvalue weighted by Gasteiger charge is -2.34. The molecule has 1 aliphatic rings. The Kier molecular flexibility index (Phi) is 6.43. The molecule has 2 N–H and O–H groups in total. The van der Waals surface area contributed by atoms with Crippen molar-refractivity contribution in [3.05, 3.63) is 34.1 Å². The molecule has 0 spiro atoms. The van der Waals surface area contributed by atoms with Crippen molar-refractivity contribution in [3.63, 3.8) is 0 Å². The van der Waals surface area contributed by atoms with Gasteiger partial charge in [-0.05, 0) is 43.0 Å². The summed E-state index contributed by atoms with van der Waals surface area (Å²) in [6.45, 7) is 4.70. The molecule has 0 saturated carbocycles. The first kappa shape index (κ1) is 17.4. The lowest BCUT2D eigenvalue weighted by molar-refractivity contribution is 0.0924. The van der Waals surface area contributed by atoms with Crippen LogP contribution in [0.5, 0.6) is 0 Å². The molecule has 1 saturated heterocycles. The molecular weight excluding hydrogens is 347 g/mol. The molecule has 0 aliphatic carbocycles. The van der Waals surface area contributed by atoms with E-state index in [0.29, 0.717) is 16.6 Å². The van der Waals surface area contributed by atoms with Crippen molar-refractivity contribution in [1.82, 2.24) is 10.6 Å². The van der Waals surface area contributed by atoms with Gasteiger partial charge < -0.3 is 10.6 Å². The fourth-order valence-corrected chi connectivity index (χ4v) is 2.82. The predicted molar refractivity (Wildman–Crippen MR) is 83.9 cm³/mol. The maximum Gasteiger partial charge on any atom is 0.251 e. The molecular formula is C14H19BrClFN2O. The van der Waals surface area contributed by atoms with Crippen molar-refractivity contribution < 1.29 is 9.18 Å². The molecule has 0 radical (unpaired) electrons. The minimum absolute atomic E-state index is 0. The maximum atomic E-state index is 13.2. The molecule has 0 bridgehead atoms. The first-order valence-corrected chi connectivity index (χ1v) is 7.23. The highest BCUT2D eigenvalue weighted by Gasteiger charge is 2.27. The highest BCUT2D eigenvalue weighted by molar-refractivity contribution is 9.10. The fraction of sp³-hybridized carbons (Fsp3) is 0.500. The summed E-state index contributed by atoms with van der Waals surface area (Å²) in [6, 6.07) is 4.21. The average molecular weight is 366 g/mol. The third kappa shape index (κ3) is 4.72. The lowest BCUT2D eigenvalue weighted by Crippen LogP contribution is -2.45. The van der Waals surface area contributed by atoms with Gasteiger partial charge in [0, 0.05) is 23.1 Å². The Labute approximate surface area is 133 Å². The molecule has 2 rings (SSSR count). The van der Waals surface area contributed by atoms with Crippen LogP contribution < -0.4 is 10.6 Å². The first-order chi connectivity index (χ1) is 8.98.